The van der Waals surface area contributed by atoms with E-state index in [4.69, 9.17) is 4.42 Å². The monoisotopic (exact) mass is 317 g/mol. The van der Waals surface area contributed by atoms with Gasteiger partial charge in [0.15, 0.2) is 5.13 Å². The number of nitrogens with zero attached hydrogens (tertiary/aromatic N) is 2. The molecule has 0 aliphatic heterocycles. The average molecular weight is 317 g/mol. The molecule has 0 unspecified atom stereocenters. The van der Waals surface area contributed by atoms with Gasteiger partial charge in [0.25, 0.3) is 0 Å². The van der Waals surface area contributed by atoms with E-state index < -0.39 is 0 Å². The van der Waals surface area contributed by atoms with Crippen LogP contribution in [0.25, 0.3) is 11.5 Å². The maximum atomic E-state index is 13.2. The molecule has 0 atom stereocenters. The van der Waals surface area contributed by atoms with Crippen LogP contribution in [0, 0.1) is 12.7 Å². The fourth-order valence-electron chi connectivity index (χ4n) is 1.94. The summed E-state index contributed by atoms with van der Waals surface area (Å²) >= 11 is 1.34. The number of carbonyl (C=O) groups is 1. The second-order valence-electron chi connectivity index (χ2n) is 4.59. The molecule has 0 aliphatic carbocycles. The van der Waals surface area contributed by atoms with E-state index in [2.05, 4.69) is 15.3 Å². The number of aryl methyl sites for hydroxylation is 1. The van der Waals surface area contributed by atoms with E-state index in [9.17, 15) is 9.18 Å². The van der Waals surface area contributed by atoms with Crippen LogP contribution >= 0.6 is 11.3 Å². The molecule has 22 heavy (non-hydrogen) atoms. The highest BCUT2D eigenvalue weighted by molar-refractivity contribution is 7.13. The number of rotatable bonds is 4. The minimum atomic E-state index is -0.364. The Bertz CT molecular complexity index is 799. The molecule has 1 aromatic carbocycles. The van der Waals surface area contributed by atoms with Crippen LogP contribution in [0.15, 0.2) is 40.3 Å². The van der Waals surface area contributed by atoms with Crippen molar-refractivity contribution in [3.8, 4) is 11.5 Å². The van der Waals surface area contributed by atoms with E-state index in [1.165, 1.54) is 23.5 Å². The highest BCUT2D eigenvalue weighted by atomic mass is 32.1. The van der Waals surface area contributed by atoms with Crippen molar-refractivity contribution in [2.24, 2.45) is 0 Å². The summed E-state index contributed by atoms with van der Waals surface area (Å²) < 4.78 is 18.8. The Labute approximate surface area is 129 Å². The van der Waals surface area contributed by atoms with Crippen LogP contribution in [-0.4, -0.2) is 15.9 Å². The molecule has 0 radical (unpaired) electrons. The van der Waals surface area contributed by atoms with Crippen molar-refractivity contribution in [1.29, 1.82) is 0 Å². The van der Waals surface area contributed by atoms with Gasteiger partial charge in [-0.15, -0.1) is 11.3 Å². The zero-order valence-electron chi connectivity index (χ0n) is 11.7. The van der Waals surface area contributed by atoms with Crippen molar-refractivity contribution >= 4 is 22.4 Å². The van der Waals surface area contributed by atoms with Crippen molar-refractivity contribution in [2.75, 3.05) is 5.32 Å². The molecule has 1 amide bonds. The van der Waals surface area contributed by atoms with E-state index in [1.54, 1.807) is 30.6 Å². The Morgan fingerprint density at radius 1 is 1.45 bits per heavy atom. The van der Waals surface area contributed by atoms with Gasteiger partial charge in [-0.1, -0.05) is 6.07 Å². The fourth-order valence-corrected chi connectivity index (χ4v) is 2.48. The van der Waals surface area contributed by atoms with Crippen LogP contribution in [0.1, 0.15) is 11.5 Å². The zero-order valence-corrected chi connectivity index (χ0v) is 12.5. The second kappa shape index (κ2) is 6.07. The zero-order chi connectivity index (χ0) is 15.5. The highest BCUT2D eigenvalue weighted by Gasteiger charge is 2.15. The van der Waals surface area contributed by atoms with Gasteiger partial charge < -0.3 is 9.73 Å². The third-order valence-electron chi connectivity index (χ3n) is 2.97. The molecule has 0 saturated carbocycles. The Morgan fingerprint density at radius 3 is 3.05 bits per heavy atom. The van der Waals surface area contributed by atoms with Gasteiger partial charge in [-0.3, -0.25) is 4.79 Å². The molecule has 0 aliphatic rings. The van der Waals surface area contributed by atoms with Crippen molar-refractivity contribution in [1.82, 2.24) is 9.97 Å². The molecule has 112 valence electrons. The Hall–Kier alpha value is -2.54. The maximum absolute atomic E-state index is 13.2. The third-order valence-corrected chi connectivity index (χ3v) is 3.66. The summed E-state index contributed by atoms with van der Waals surface area (Å²) in [6.07, 6.45) is 1.69. The quantitative estimate of drug-likeness (QED) is 0.800. The van der Waals surface area contributed by atoms with Crippen molar-refractivity contribution in [3.05, 3.63) is 53.1 Å². The van der Waals surface area contributed by atoms with E-state index >= 15 is 0 Å². The number of carbonyl (C=O) groups excluding carboxylic acids is 1. The SMILES string of the molecule is Cc1oc(-c2cccc(F)c2)nc1CC(=O)Nc1nccs1. The lowest BCUT2D eigenvalue weighted by Gasteiger charge is -1.99. The second-order valence-corrected chi connectivity index (χ2v) is 5.49. The van der Waals surface area contributed by atoms with Crippen LogP contribution in [0.5, 0.6) is 0 Å². The number of amides is 1. The minimum absolute atomic E-state index is 0.0736. The standard InChI is InChI=1S/C15H12FN3O2S/c1-9-12(8-13(20)19-15-17-5-6-22-15)18-14(21-9)10-3-2-4-11(16)7-10/h2-7H,8H2,1H3,(H,17,19,20). The van der Waals surface area contributed by atoms with Crippen LogP contribution in [-0.2, 0) is 11.2 Å². The lowest BCUT2D eigenvalue weighted by atomic mass is 10.2. The fraction of sp³-hybridized carbons (Fsp3) is 0.133. The summed E-state index contributed by atoms with van der Waals surface area (Å²) in [5.41, 5.74) is 1.06. The highest BCUT2D eigenvalue weighted by Crippen LogP contribution is 2.23. The summed E-state index contributed by atoms with van der Waals surface area (Å²) in [6, 6.07) is 5.97. The van der Waals surface area contributed by atoms with Crippen LogP contribution in [0.4, 0.5) is 9.52 Å². The number of aromatic nitrogens is 2. The molecular weight excluding hydrogens is 305 g/mol. The predicted octanol–water partition coefficient (Wildman–Crippen LogP) is 3.43. The van der Waals surface area contributed by atoms with Gasteiger partial charge >= 0.3 is 0 Å². The number of anilines is 1. The van der Waals surface area contributed by atoms with Gasteiger partial charge in [-0.05, 0) is 25.1 Å². The Kier molecular flexibility index (Phi) is 3.97. The summed E-state index contributed by atoms with van der Waals surface area (Å²) in [4.78, 5) is 20.2. The number of oxazole rings is 1. The third kappa shape index (κ3) is 3.20. The molecule has 5 nitrogen and oxygen atoms in total. The maximum Gasteiger partial charge on any atom is 0.232 e. The topological polar surface area (TPSA) is 68.0 Å². The smallest absolute Gasteiger partial charge is 0.232 e. The largest absolute Gasteiger partial charge is 0.441 e. The number of nitrogens with one attached hydrogen (secondary N) is 1. The number of hydrogen-bond donors (Lipinski definition) is 1. The van der Waals surface area contributed by atoms with Gasteiger partial charge in [0, 0.05) is 17.1 Å². The Morgan fingerprint density at radius 2 is 2.32 bits per heavy atom. The average Bonchev–Trinajstić information content (AvgIpc) is 3.10. The number of hydrogen-bond acceptors (Lipinski definition) is 5. The number of benzene rings is 1. The lowest BCUT2D eigenvalue weighted by molar-refractivity contribution is -0.115. The van der Waals surface area contributed by atoms with Crippen LogP contribution in [0.3, 0.4) is 0 Å². The number of thiazole rings is 1. The summed E-state index contributed by atoms with van der Waals surface area (Å²) in [5.74, 6) is 0.246. The Balaban J connectivity index is 1.76. The van der Waals surface area contributed by atoms with Crippen molar-refractivity contribution in [3.63, 3.8) is 0 Å². The molecule has 3 rings (SSSR count). The molecule has 0 fully saturated rings. The van der Waals surface area contributed by atoms with Crippen molar-refractivity contribution < 1.29 is 13.6 Å². The predicted molar refractivity (Wildman–Crippen MR) is 81.1 cm³/mol. The van der Waals surface area contributed by atoms with E-state index in [-0.39, 0.29) is 18.1 Å². The van der Waals surface area contributed by atoms with E-state index in [0.29, 0.717) is 28.0 Å². The molecule has 0 bridgehead atoms. The minimum Gasteiger partial charge on any atom is -0.441 e. The lowest BCUT2D eigenvalue weighted by Crippen LogP contribution is -2.14. The van der Waals surface area contributed by atoms with E-state index in [1.807, 2.05) is 0 Å². The first kappa shape index (κ1) is 14.4. The van der Waals surface area contributed by atoms with Crippen molar-refractivity contribution in [2.45, 2.75) is 13.3 Å². The molecule has 3 aromatic rings. The normalized spacial score (nSPS) is 10.6. The molecule has 1 N–H and O–H groups in total. The van der Waals surface area contributed by atoms with E-state index in [0.717, 1.165) is 0 Å². The van der Waals surface area contributed by atoms with Crippen LogP contribution < -0.4 is 5.32 Å². The first-order valence-electron chi connectivity index (χ1n) is 6.53. The van der Waals surface area contributed by atoms with Crippen LogP contribution in [0.2, 0.25) is 0 Å². The molecule has 7 heteroatoms. The summed E-state index contributed by atoms with van der Waals surface area (Å²) in [5, 5.41) is 5.00. The molecule has 2 aromatic heterocycles. The number of halogens is 1. The van der Waals surface area contributed by atoms with Gasteiger partial charge in [0.1, 0.15) is 11.6 Å². The van der Waals surface area contributed by atoms with Gasteiger partial charge in [0.2, 0.25) is 11.8 Å². The molecule has 0 spiro atoms. The van der Waals surface area contributed by atoms with Gasteiger partial charge in [-0.25, -0.2) is 14.4 Å². The molecule has 0 saturated heterocycles. The summed E-state index contributed by atoms with van der Waals surface area (Å²) in [7, 11) is 0. The van der Waals surface area contributed by atoms with Gasteiger partial charge in [0.05, 0.1) is 12.1 Å². The first-order valence-corrected chi connectivity index (χ1v) is 7.41. The molecular formula is C15H12FN3O2S. The first-order chi connectivity index (χ1) is 10.6. The molecule has 2 heterocycles. The summed E-state index contributed by atoms with van der Waals surface area (Å²) in [6.45, 7) is 1.72. The van der Waals surface area contributed by atoms with Gasteiger partial charge in [-0.2, -0.15) is 0 Å².